The van der Waals surface area contributed by atoms with Crippen LogP contribution in [0.2, 0.25) is 0 Å². The van der Waals surface area contributed by atoms with Crippen molar-refractivity contribution in [2.75, 3.05) is 13.1 Å². The average Bonchev–Trinajstić information content (AvgIpc) is 3.32. The van der Waals surface area contributed by atoms with Crippen molar-refractivity contribution in [3.63, 3.8) is 0 Å². The first-order valence-electron chi connectivity index (χ1n) is 9.88. The maximum atomic E-state index is 13.1. The molecule has 2 aliphatic heterocycles. The van der Waals surface area contributed by atoms with Crippen molar-refractivity contribution in [1.29, 1.82) is 0 Å². The number of carbonyl (C=O) groups excluding carboxylic acids is 4. The molecule has 2 saturated heterocycles. The zero-order valence-corrected chi connectivity index (χ0v) is 16.8. The van der Waals surface area contributed by atoms with Crippen LogP contribution < -0.4 is 16.8 Å². The number of aliphatic hydroxyl groups is 2. The molecule has 29 heavy (non-hydrogen) atoms. The summed E-state index contributed by atoms with van der Waals surface area (Å²) in [6.45, 7) is 3.44. The molecule has 2 fully saturated rings. The van der Waals surface area contributed by atoms with Gasteiger partial charge in [0.25, 0.3) is 0 Å². The predicted molar refractivity (Wildman–Crippen MR) is 102 cm³/mol. The van der Waals surface area contributed by atoms with Gasteiger partial charge in [0.15, 0.2) is 0 Å². The highest BCUT2D eigenvalue weighted by atomic mass is 16.3. The zero-order valence-electron chi connectivity index (χ0n) is 16.8. The molecule has 0 aromatic rings. The van der Waals surface area contributed by atoms with E-state index < -0.39 is 54.1 Å². The lowest BCUT2D eigenvalue weighted by Gasteiger charge is -2.33. The van der Waals surface area contributed by atoms with Gasteiger partial charge in [-0.25, -0.2) is 0 Å². The van der Waals surface area contributed by atoms with Gasteiger partial charge in [0.1, 0.15) is 24.2 Å². The topological polar surface area (TPSA) is 179 Å². The largest absolute Gasteiger partial charge is 0.391 e. The van der Waals surface area contributed by atoms with Crippen LogP contribution in [0.4, 0.5) is 0 Å². The van der Waals surface area contributed by atoms with Crippen LogP contribution in [0, 0.1) is 0 Å². The Bertz CT molecular complexity index is 655. The molecule has 7 N–H and O–H groups in total. The van der Waals surface area contributed by atoms with Gasteiger partial charge in [-0.1, -0.05) is 0 Å². The Morgan fingerprint density at radius 1 is 0.966 bits per heavy atom. The second-order valence-corrected chi connectivity index (χ2v) is 7.77. The second kappa shape index (κ2) is 9.51. The predicted octanol–water partition coefficient (Wildman–Crippen LogP) is -2.97. The van der Waals surface area contributed by atoms with Gasteiger partial charge in [0.2, 0.25) is 23.6 Å². The van der Waals surface area contributed by atoms with E-state index in [1.54, 1.807) is 0 Å². The summed E-state index contributed by atoms with van der Waals surface area (Å²) in [4.78, 5) is 52.5. The van der Waals surface area contributed by atoms with Gasteiger partial charge in [-0.3, -0.25) is 19.2 Å². The van der Waals surface area contributed by atoms with Crippen LogP contribution in [0.3, 0.4) is 0 Å². The summed E-state index contributed by atoms with van der Waals surface area (Å²) in [5, 5.41) is 21.6. The third-order valence-electron chi connectivity index (χ3n) is 5.55. The summed E-state index contributed by atoms with van der Waals surface area (Å²) in [5.74, 6) is -2.31. The van der Waals surface area contributed by atoms with Gasteiger partial charge in [-0.2, -0.15) is 0 Å². The number of nitrogens with two attached hydrogens (primary N) is 2. The van der Waals surface area contributed by atoms with Gasteiger partial charge in [-0.05, 0) is 39.5 Å². The summed E-state index contributed by atoms with van der Waals surface area (Å²) in [6.07, 6.45) is -0.170. The molecular formula is C18H31N5O6. The fraction of sp³-hybridized carbons (Fsp3) is 0.778. The first-order valence-corrected chi connectivity index (χ1v) is 9.88. The quantitative estimate of drug-likeness (QED) is 0.295. The Hall–Kier alpha value is -2.24. The monoisotopic (exact) mass is 413 g/mol. The normalized spacial score (nSPS) is 26.0. The molecule has 4 amide bonds. The van der Waals surface area contributed by atoms with Crippen LogP contribution in [-0.4, -0.2) is 93.1 Å². The number of carbonyl (C=O) groups is 4. The number of amides is 4. The molecule has 11 nitrogen and oxygen atoms in total. The average molecular weight is 413 g/mol. The Morgan fingerprint density at radius 2 is 1.52 bits per heavy atom. The number of nitrogens with one attached hydrogen (secondary N) is 1. The van der Waals surface area contributed by atoms with Crippen LogP contribution in [0.1, 0.15) is 39.5 Å². The van der Waals surface area contributed by atoms with Gasteiger partial charge < -0.3 is 36.8 Å². The Balaban J connectivity index is 2.11. The van der Waals surface area contributed by atoms with Crippen molar-refractivity contribution in [3.05, 3.63) is 0 Å². The zero-order chi connectivity index (χ0) is 21.9. The molecule has 0 aromatic carbocycles. The maximum absolute atomic E-state index is 13.1. The fourth-order valence-corrected chi connectivity index (χ4v) is 3.86. The van der Waals surface area contributed by atoms with E-state index in [1.165, 1.54) is 23.6 Å². The van der Waals surface area contributed by atoms with E-state index in [9.17, 15) is 29.4 Å². The number of primary amides is 1. The standard InChI is InChI=1S/C18H31N5O6/c1-9(24)13(19)18(29)23-8-4-6-12(23)17(28)22-7-3-5-11(22)16(27)21-14(10(2)25)15(20)26/h9-14,24-25H,3-8,19H2,1-2H3,(H2,20,26)(H,21,27)/t9?,10?,11?,12-,13?,14?/m1/s1. The van der Waals surface area contributed by atoms with E-state index in [0.717, 1.165) is 0 Å². The van der Waals surface area contributed by atoms with Gasteiger partial charge in [0, 0.05) is 13.1 Å². The third-order valence-corrected chi connectivity index (χ3v) is 5.55. The number of aliphatic hydroxyl groups excluding tert-OH is 2. The first-order chi connectivity index (χ1) is 13.6. The smallest absolute Gasteiger partial charge is 0.246 e. The lowest BCUT2D eigenvalue weighted by Crippen LogP contribution is -2.58. The molecule has 0 aromatic heterocycles. The summed E-state index contributed by atoms with van der Waals surface area (Å²) < 4.78 is 0. The van der Waals surface area contributed by atoms with Crippen molar-refractivity contribution >= 4 is 23.6 Å². The number of nitrogens with zero attached hydrogens (tertiary/aromatic N) is 2. The second-order valence-electron chi connectivity index (χ2n) is 7.77. The number of likely N-dealkylation sites (tertiary alicyclic amines) is 2. The van der Waals surface area contributed by atoms with E-state index >= 15 is 0 Å². The molecule has 5 unspecified atom stereocenters. The highest BCUT2D eigenvalue weighted by molar-refractivity contribution is 5.95. The van der Waals surface area contributed by atoms with Gasteiger partial charge in [-0.15, -0.1) is 0 Å². The van der Waals surface area contributed by atoms with Crippen LogP contribution in [-0.2, 0) is 19.2 Å². The Morgan fingerprint density at radius 3 is 2.03 bits per heavy atom. The molecule has 11 heteroatoms. The summed E-state index contributed by atoms with van der Waals surface area (Å²) >= 11 is 0. The van der Waals surface area contributed by atoms with E-state index in [1.807, 2.05) is 0 Å². The number of hydrogen-bond donors (Lipinski definition) is 5. The minimum absolute atomic E-state index is 0.341. The van der Waals surface area contributed by atoms with Crippen LogP contribution >= 0.6 is 0 Å². The SMILES string of the molecule is CC(O)C(N)C(=O)N1CCC[C@@H]1C(=O)N1CCCC1C(=O)NC(C(N)=O)C(C)O. The van der Waals surface area contributed by atoms with E-state index in [2.05, 4.69) is 5.32 Å². The molecule has 0 bridgehead atoms. The highest BCUT2D eigenvalue weighted by Crippen LogP contribution is 2.25. The molecule has 2 aliphatic rings. The molecule has 0 aliphatic carbocycles. The van der Waals surface area contributed by atoms with Crippen molar-refractivity contribution in [3.8, 4) is 0 Å². The summed E-state index contributed by atoms with van der Waals surface area (Å²) in [5.41, 5.74) is 11.0. The van der Waals surface area contributed by atoms with E-state index in [4.69, 9.17) is 11.5 Å². The molecule has 2 heterocycles. The maximum Gasteiger partial charge on any atom is 0.246 e. The van der Waals surface area contributed by atoms with Gasteiger partial charge >= 0.3 is 0 Å². The Kier molecular flexibility index (Phi) is 7.55. The minimum atomic E-state index is -1.26. The molecule has 0 spiro atoms. The third kappa shape index (κ3) is 5.03. The van der Waals surface area contributed by atoms with Gasteiger partial charge in [0.05, 0.1) is 12.2 Å². The van der Waals surface area contributed by atoms with E-state index in [0.29, 0.717) is 38.8 Å². The fourth-order valence-electron chi connectivity index (χ4n) is 3.86. The lowest BCUT2D eigenvalue weighted by molar-refractivity contribution is -0.148. The minimum Gasteiger partial charge on any atom is -0.391 e. The molecule has 0 radical (unpaired) electrons. The van der Waals surface area contributed by atoms with Crippen molar-refractivity contribution in [1.82, 2.24) is 15.1 Å². The molecule has 0 saturated carbocycles. The number of hydrogen-bond acceptors (Lipinski definition) is 7. The molecule has 164 valence electrons. The van der Waals surface area contributed by atoms with E-state index in [-0.39, 0.29) is 5.91 Å². The molecule has 6 atom stereocenters. The van der Waals surface area contributed by atoms with Crippen molar-refractivity contribution in [2.45, 2.75) is 75.9 Å². The summed E-state index contributed by atoms with van der Waals surface area (Å²) in [6, 6.07) is -3.94. The lowest BCUT2D eigenvalue weighted by atomic mass is 10.1. The molecular weight excluding hydrogens is 382 g/mol. The highest BCUT2D eigenvalue weighted by Gasteiger charge is 2.43. The van der Waals surface area contributed by atoms with Crippen LogP contribution in [0.25, 0.3) is 0 Å². The molecule has 2 rings (SSSR count). The van der Waals surface area contributed by atoms with Crippen LogP contribution in [0.15, 0.2) is 0 Å². The first kappa shape index (κ1) is 23.0. The van der Waals surface area contributed by atoms with Crippen molar-refractivity contribution < 1.29 is 29.4 Å². The Labute approximate surface area is 169 Å². The van der Waals surface area contributed by atoms with Crippen LogP contribution in [0.5, 0.6) is 0 Å². The van der Waals surface area contributed by atoms with Crippen molar-refractivity contribution in [2.24, 2.45) is 11.5 Å². The number of rotatable bonds is 7. The summed E-state index contributed by atoms with van der Waals surface area (Å²) in [7, 11) is 0.